The molecular weight excluding hydrogens is 496 g/mol. The van der Waals surface area contributed by atoms with Crippen LogP contribution in [0.1, 0.15) is 12.8 Å². The van der Waals surface area contributed by atoms with Gasteiger partial charge in [-0.3, -0.25) is 38.8 Å². The number of hydrogen-bond acceptors (Lipinski definition) is 6. The molecule has 4 amide bonds. The molecular formula is C26H18N4O4S2. The summed E-state index contributed by atoms with van der Waals surface area (Å²) in [5.74, 6) is -1.96. The molecule has 2 heterocycles. The molecule has 0 N–H and O–H groups in total. The minimum atomic E-state index is -0.531. The maximum atomic E-state index is 13.1. The zero-order valence-corrected chi connectivity index (χ0v) is 20.4. The average Bonchev–Trinajstić information content (AvgIpc) is 2.86. The monoisotopic (exact) mass is 514 g/mol. The zero-order chi connectivity index (χ0) is 25.4. The van der Waals surface area contributed by atoms with E-state index in [9.17, 15) is 19.2 Å². The van der Waals surface area contributed by atoms with Gasteiger partial charge in [-0.1, -0.05) is 48.5 Å². The van der Waals surface area contributed by atoms with Gasteiger partial charge in [0.05, 0.1) is 22.7 Å². The van der Waals surface area contributed by atoms with Crippen LogP contribution in [-0.2, 0) is 19.2 Å². The van der Waals surface area contributed by atoms with Gasteiger partial charge >= 0.3 is 0 Å². The molecule has 0 atom stereocenters. The van der Waals surface area contributed by atoms with Crippen molar-refractivity contribution in [3.8, 4) is 0 Å². The Morgan fingerprint density at radius 3 is 1.11 bits per heavy atom. The molecule has 2 fully saturated rings. The van der Waals surface area contributed by atoms with Crippen molar-refractivity contribution < 1.29 is 19.2 Å². The largest absolute Gasteiger partial charge is 0.273 e. The lowest BCUT2D eigenvalue weighted by molar-refractivity contribution is -0.128. The van der Waals surface area contributed by atoms with Crippen molar-refractivity contribution in [3.63, 3.8) is 0 Å². The van der Waals surface area contributed by atoms with Gasteiger partial charge in [-0.15, -0.1) is 0 Å². The van der Waals surface area contributed by atoms with Crippen LogP contribution in [0.4, 0.5) is 22.7 Å². The summed E-state index contributed by atoms with van der Waals surface area (Å²) in [6, 6.07) is 24.2. The molecule has 0 unspecified atom stereocenters. The van der Waals surface area contributed by atoms with E-state index in [1.165, 1.54) is 19.6 Å². The molecule has 178 valence electrons. The summed E-state index contributed by atoms with van der Waals surface area (Å²) >= 11 is 11.2. The van der Waals surface area contributed by atoms with Crippen LogP contribution in [0.25, 0.3) is 0 Å². The fourth-order valence-corrected chi connectivity index (χ4v) is 5.00. The summed E-state index contributed by atoms with van der Waals surface area (Å²) in [5.41, 5.74) is 1.60. The molecule has 2 aliphatic rings. The van der Waals surface area contributed by atoms with E-state index in [1.54, 1.807) is 72.8 Å². The van der Waals surface area contributed by atoms with Crippen molar-refractivity contribution in [3.05, 3.63) is 84.9 Å². The van der Waals surface area contributed by atoms with Crippen molar-refractivity contribution in [2.24, 2.45) is 0 Å². The number of para-hydroxylation sites is 4. The molecule has 0 spiro atoms. The molecule has 0 bridgehead atoms. The quantitative estimate of drug-likeness (QED) is 0.389. The van der Waals surface area contributed by atoms with Gasteiger partial charge in [0, 0.05) is 0 Å². The lowest BCUT2D eigenvalue weighted by Gasteiger charge is -2.39. The number of anilines is 4. The molecule has 3 aromatic rings. The summed E-state index contributed by atoms with van der Waals surface area (Å²) in [7, 11) is 0. The predicted octanol–water partition coefficient (Wildman–Crippen LogP) is 3.80. The Kier molecular flexibility index (Phi) is 6.13. The Balaban J connectivity index is 1.58. The lowest BCUT2D eigenvalue weighted by Crippen LogP contribution is -2.58. The van der Waals surface area contributed by atoms with Crippen LogP contribution < -0.4 is 19.6 Å². The highest BCUT2D eigenvalue weighted by Crippen LogP contribution is 2.36. The first-order chi connectivity index (χ1) is 17.4. The van der Waals surface area contributed by atoms with Gasteiger partial charge in [0.1, 0.15) is 12.8 Å². The van der Waals surface area contributed by atoms with Crippen molar-refractivity contribution in [2.75, 3.05) is 19.6 Å². The number of hydrogen-bond donors (Lipinski definition) is 0. The van der Waals surface area contributed by atoms with Crippen LogP contribution in [-0.4, -0.2) is 33.9 Å². The predicted molar refractivity (Wildman–Crippen MR) is 144 cm³/mol. The highest BCUT2D eigenvalue weighted by Gasteiger charge is 2.42. The zero-order valence-electron chi connectivity index (χ0n) is 18.7. The van der Waals surface area contributed by atoms with Crippen LogP contribution in [0, 0.1) is 0 Å². The molecule has 8 nitrogen and oxygen atoms in total. The Labute approximate surface area is 217 Å². The smallest absolute Gasteiger partial charge is 0.242 e. The Morgan fingerprint density at radius 2 is 0.750 bits per heavy atom. The summed E-state index contributed by atoms with van der Waals surface area (Å²) < 4.78 is 0. The summed E-state index contributed by atoms with van der Waals surface area (Å²) in [5, 5.41) is -0.0810. The first-order valence-corrected chi connectivity index (χ1v) is 11.8. The van der Waals surface area contributed by atoms with E-state index >= 15 is 0 Å². The second-order valence-corrected chi connectivity index (χ2v) is 8.73. The Bertz CT molecular complexity index is 1320. The first kappa shape index (κ1) is 23.5. The van der Waals surface area contributed by atoms with Gasteiger partial charge < -0.3 is 0 Å². The second-order valence-electron chi connectivity index (χ2n) is 8.00. The summed E-state index contributed by atoms with van der Waals surface area (Å²) in [6.07, 6.45) is -0.813. The van der Waals surface area contributed by atoms with Crippen molar-refractivity contribution in [2.45, 2.75) is 12.8 Å². The normalized spacial score (nSPS) is 16.8. The maximum Gasteiger partial charge on any atom is 0.242 e. The molecule has 0 radical (unpaired) electrons. The summed E-state index contributed by atoms with van der Waals surface area (Å²) in [6.45, 7) is 0. The van der Waals surface area contributed by atoms with Crippen LogP contribution in [0.5, 0.6) is 0 Å². The van der Waals surface area contributed by atoms with E-state index in [0.29, 0.717) is 11.4 Å². The molecule has 2 aliphatic heterocycles. The third-order valence-corrected chi connectivity index (χ3v) is 6.49. The molecule has 3 aromatic carbocycles. The van der Waals surface area contributed by atoms with E-state index in [1.807, 2.05) is 12.1 Å². The number of rotatable bonds is 4. The molecule has 10 heteroatoms. The highest BCUT2D eigenvalue weighted by atomic mass is 32.1. The number of nitrogens with zero attached hydrogens (tertiary/aromatic N) is 4. The molecule has 36 heavy (non-hydrogen) atoms. The van der Waals surface area contributed by atoms with E-state index in [2.05, 4.69) is 0 Å². The fraction of sp³-hybridized carbons (Fsp3) is 0.0769. The molecule has 0 aliphatic carbocycles. The van der Waals surface area contributed by atoms with Gasteiger partial charge in [0.15, 0.2) is 10.2 Å². The van der Waals surface area contributed by atoms with Crippen molar-refractivity contribution in [1.29, 1.82) is 0 Å². The molecule has 0 aromatic heterocycles. The average molecular weight is 515 g/mol. The minimum absolute atomic E-state index is 0.0405. The summed E-state index contributed by atoms with van der Waals surface area (Å²) in [4.78, 5) is 56.9. The lowest BCUT2D eigenvalue weighted by atomic mass is 10.1. The van der Waals surface area contributed by atoms with Crippen LogP contribution in [0.15, 0.2) is 84.9 Å². The second kappa shape index (κ2) is 9.40. The molecule has 0 saturated carbocycles. The minimum Gasteiger partial charge on any atom is -0.273 e. The van der Waals surface area contributed by atoms with E-state index < -0.39 is 36.5 Å². The topological polar surface area (TPSA) is 81.2 Å². The number of carbonyl (C=O) groups is 4. The number of amides is 4. The third-order valence-electron chi connectivity index (χ3n) is 5.76. The van der Waals surface area contributed by atoms with E-state index in [0.717, 1.165) is 0 Å². The maximum absolute atomic E-state index is 13.1. The highest BCUT2D eigenvalue weighted by molar-refractivity contribution is 7.81. The van der Waals surface area contributed by atoms with E-state index in [-0.39, 0.29) is 21.6 Å². The van der Waals surface area contributed by atoms with Crippen LogP contribution in [0.3, 0.4) is 0 Å². The number of carbonyl (C=O) groups excluding carboxylic acids is 4. The fourth-order valence-electron chi connectivity index (χ4n) is 4.18. The van der Waals surface area contributed by atoms with Gasteiger partial charge in [-0.25, -0.2) is 0 Å². The van der Waals surface area contributed by atoms with Gasteiger partial charge in [0.25, 0.3) is 0 Å². The molecule has 2 saturated heterocycles. The molecule has 5 rings (SSSR count). The van der Waals surface area contributed by atoms with Crippen LogP contribution in [0.2, 0.25) is 0 Å². The van der Waals surface area contributed by atoms with Crippen molar-refractivity contribution >= 4 is 81.0 Å². The Hall–Kier alpha value is -4.28. The van der Waals surface area contributed by atoms with Gasteiger partial charge in [-0.2, -0.15) is 0 Å². The number of thiocarbonyl (C=S) groups is 2. The van der Waals surface area contributed by atoms with Crippen molar-refractivity contribution in [1.82, 2.24) is 0 Å². The standard InChI is InChI=1S/C26H18N4O4S2/c31-21-15-23(33)29(25(35)27(21)17-9-3-1-4-10-17)19-13-7-8-14-20(19)30-24(34)16-22(32)28(26(30)36)18-11-5-2-6-12-18/h1-14H,15-16H2. The third kappa shape index (κ3) is 3.96. The van der Waals surface area contributed by atoms with Crippen LogP contribution >= 0.6 is 24.4 Å². The first-order valence-electron chi connectivity index (χ1n) is 11.0. The Morgan fingerprint density at radius 1 is 0.444 bits per heavy atom. The van der Waals surface area contributed by atoms with Gasteiger partial charge in [-0.05, 0) is 60.8 Å². The van der Waals surface area contributed by atoms with Gasteiger partial charge in [0.2, 0.25) is 23.6 Å². The SMILES string of the molecule is O=C1CC(=O)N(c2ccccc2N2C(=O)CC(=O)N(c3ccccc3)C2=S)C(=S)N1c1ccccc1. The van der Waals surface area contributed by atoms with E-state index in [4.69, 9.17) is 24.4 Å². The number of benzene rings is 3.